The van der Waals surface area contributed by atoms with Gasteiger partial charge in [-0.25, -0.2) is 13.5 Å². The number of likely N-dealkylation sites (tertiary alicyclic amines) is 1. The molecule has 0 radical (unpaired) electrons. The first-order chi connectivity index (χ1) is 11.8. The summed E-state index contributed by atoms with van der Waals surface area (Å²) >= 11 is 0. The normalized spacial score (nSPS) is 17.1. The van der Waals surface area contributed by atoms with Crippen LogP contribution in [0.4, 0.5) is 8.78 Å². The van der Waals surface area contributed by atoms with Crippen molar-refractivity contribution in [1.29, 1.82) is 0 Å². The molecular formula is C17H17F2N3O3. The molecule has 1 N–H and O–H groups in total. The van der Waals surface area contributed by atoms with Gasteiger partial charge in [0, 0.05) is 19.2 Å². The Morgan fingerprint density at radius 2 is 2.00 bits per heavy atom. The molecule has 1 saturated heterocycles. The van der Waals surface area contributed by atoms with Crippen LogP contribution in [0.15, 0.2) is 18.2 Å². The molecule has 1 amide bonds. The molecule has 0 unspecified atom stereocenters. The number of hydrogen-bond donors (Lipinski definition) is 1. The third-order valence-electron chi connectivity index (χ3n) is 4.47. The minimum atomic E-state index is -0.923. The van der Waals surface area contributed by atoms with Crippen LogP contribution < -0.4 is 0 Å². The monoisotopic (exact) mass is 349 g/mol. The average molecular weight is 349 g/mol. The maximum atomic E-state index is 14.0. The van der Waals surface area contributed by atoms with E-state index in [9.17, 15) is 18.4 Å². The number of amides is 1. The first-order valence-corrected chi connectivity index (χ1v) is 7.83. The number of carbonyl (C=O) groups excluding carboxylic acids is 1. The van der Waals surface area contributed by atoms with E-state index >= 15 is 0 Å². The first kappa shape index (κ1) is 17.1. The van der Waals surface area contributed by atoms with Crippen molar-refractivity contribution in [3.05, 3.63) is 46.8 Å². The van der Waals surface area contributed by atoms with Crippen molar-refractivity contribution < 1.29 is 23.5 Å². The molecule has 6 nitrogen and oxygen atoms in total. The van der Waals surface area contributed by atoms with E-state index in [1.165, 1.54) is 15.6 Å². The van der Waals surface area contributed by atoms with Crippen molar-refractivity contribution in [2.24, 2.45) is 5.92 Å². The lowest BCUT2D eigenvalue weighted by atomic mass is 10.1. The van der Waals surface area contributed by atoms with Gasteiger partial charge in [-0.15, -0.1) is 0 Å². The topological polar surface area (TPSA) is 75.4 Å². The third kappa shape index (κ3) is 2.99. The fourth-order valence-electron chi connectivity index (χ4n) is 3.14. The Kier molecular flexibility index (Phi) is 4.28. The van der Waals surface area contributed by atoms with Gasteiger partial charge < -0.3 is 10.0 Å². The molecule has 1 fully saturated rings. The van der Waals surface area contributed by atoms with Gasteiger partial charge >= 0.3 is 5.97 Å². The highest BCUT2D eigenvalue weighted by Gasteiger charge is 2.33. The second-order valence-corrected chi connectivity index (χ2v) is 6.13. The molecule has 2 aromatic rings. The Morgan fingerprint density at radius 3 is 2.60 bits per heavy atom. The van der Waals surface area contributed by atoms with Crippen molar-refractivity contribution in [2.45, 2.75) is 20.3 Å². The lowest BCUT2D eigenvalue weighted by Crippen LogP contribution is -2.30. The lowest BCUT2D eigenvalue weighted by molar-refractivity contribution is -0.141. The number of rotatable bonds is 3. The van der Waals surface area contributed by atoms with Gasteiger partial charge in [0.1, 0.15) is 11.5 Å². The molecule has 8 heteroatoms. The van der Waals surface area contributed by atoms with E-state index in [0.717, 1.165) is 12.1 Å². The lowest BCUT2D eigenvalue weighted by Gasteiger charge is -2.16. The Balaban J connectivity index is 1.95. The summed E-state index contributed by atoms with van der Waals surface area (Å²) < 4.78 is 28.4. The zero-order valence-corrected chi connectivity index (χ0v) is 13.8. The van der Waals surface area contributed by atoms with Gasteiger partial charge in [-0.2, -0.15) is 5.10 Å². The van der Waals surface area contributed by atoms with Crippen molar-refractivity contribution in [3.8, 4) is 5.69 Å². The number of carboxylic acids is 1. The van der Waals surface area contributed by atoms with Crippen LogP contribution in [0.1, 0.15) is 28.2 Å². The molecule has 3 rings (SSSR count). The molecule has 132 valence electrons. The number of halogens is 2. The van der Waals surface area contributed by atoms with Crippen molar-refractivity contribution in [3.63, 3.8) is 0 Å². The van der Waals surface area contributed by atoms with Crippen LogP contribution >= 0.6 is 0 Å². The van der Waals surface area contributed by atoms with E-state index in [2.05, 4.69) is 5.10 Å². The van der Waals surface area contributed by atoms with Gasteiger partial charge in [0.15, 0.2) is 5.82 Å². The Morgan fingerprint density at radius 1 is 1.28 bits per heavy atom. The average Bonchev–Trinajstić information content (AvgIpc) is 3.13. The van der Waals surface area contributed by atoms with Gasteiger partial charge in [0.05, 0.1) is 22.9 Å². The second-order valence-electron chi connectivity index (χ2n) is 6.13. The maximum absolute atomic E-state index is 14.0. The standard InChI is InChI=1S/C17H17F2N3O3/c1-9-15(16(23)21-6-5-11(8-21)17(24)25)10(2)22(20-9)14-4-3-12(18)7-13(14)19/h3-4,7,11H,5-6,8H2,1-2H3,(H,24,25)/t11-/m0/s1. The fraction of sp³-hybridized carbons (Fsp3) is 0.353. The van der Waals surface area contributed by atoms with E-state index in [-0.39, 0.29) is 18.1 Å². The summed E-state index contributed by atoms with van der Waals surface area (Å²) in [6.07, 6.45) is 0.403. The minimum absolute atomic E-state index is 0.0471. The molecule has 0 saturated carbocycles. The number of hydrogen-bond acceptors (Lipinski definition) is 3. The number of aliphatic carboxylic acids is 1. The number of carboxylic acid groups (broad SMARTS) is 1. The van der Waals surface area contributed by atoms with Crippen LogP contribution in [0.25, 0.3) is 5.69 Å². The molecule has 1 aromatic carbocycles. The third-order valence-corrected chi connectivity index (χ3v) is 4.47. The number of aryl methyl sites for hydroxylation is 1. The van der Waals surface area contributed by atoms with E-state index in [1.807, 2.05) is 0 Å². The molecule has 0 aliphatic carbocycles. The highest BCUT2D eigenvalue weighted by Crippen LogP contribution is 2.25. The van der Waals surface area contributed by atoms with Crippen LogP contribution in [-0.2, 0) is 4.79 Å². The summed E-state index contributed by atoms with van der Waals surface area (Å²) in [5.41, 5.74) is 1.19. The van der Waals surface area contributed by atoms with Gasteiger partial charge in [0.25, 0.3) is 5.91 Å². The number of nitrogens with zero attached hydrogens (tertiary/aromatic N) is 3. The molecule has 2 heterocycles. The smallest absolute Gasteiger partial charge is 0.308 e. The highest BCUT2D eigenvalue weighted by molar-refractivity contribution is 5.97. The molecule has 1 aliphatic heterocycles. The first-order valence-electron chi connectivity index (χ1n) is 7.83. The maximum Gasteiger partial charge on any atom is 0.308 e. The van der Waals surface area contributed by atoms with E-state index in [1.54, 1.807) is 13.8 Å². The van der Waals surface area contributed by atoms with Crippen LogP contribution in [0, 0.1) is 31.4 Å². The van der Waals surface area contributed by atoms with Crippen molar-refractivity contribution >= 4 is 11.9 Å². The largest absolute Gasteiger partial charge is 0.481 e. The molecule has 1 aliphatic rings. The van der Waals surface area contributed by atoms with Crippen molar-refractivity contribution in [2.75, 3.05) is 13.1 Å². The summed E-state index contributed by atoms with van der Waals surface area (Å²) in [4.78, 5) is 25.3. The summed E-state index contributed by atoms with van der Waals surface area (Å²) in [6, 6.07) is 3.13. The van der Waals surface area contributed by atoms with Gasteiger partial charge in [-0.05, 0) is 32.4 Å². The zero-order chi connectivity index (χ0) is 18.3. The van der Waals surface area contributed by atoms with Crippen LogP contribution in [0.3, 0.4) is 0 Å². The number of carbonyl (C=O) groups is 2. The van der Waals surface area contributed by atoms with Crippen LogP contribution in [0.2, 0.25) is 0 Å². The highest BCUT2D eigenvalue weighted by atomic mass is 19.1. The summed E-state index contributed by atoms with van der Waals surface area (Å²) in [6.45, 7) is 3.75. The van der Waals surface area contributed by atoms with Crippen LogP contribution in [-0.4, -0.2) is 44.8 Å². The van der Waals surface area contributed by atoms with Gasteiger partial charge in [-0.3, -0.25) is 9.59 Å². The van der Waals surface area contributed by atoms with Crippen molar-refractivity contribution in [1.82, 2.24) is 14.7 Å². The molecular weight excluding hydrogens is 332 g/mol. The Labute approximate surface area is 142 Å². The Hall–Kier alpha value is -2.77. The SMILES string of the molecule is Cc1nn(-c2ccc(F)cc2F)c(C)c1C(=O)N1CC[C@H](C(=O)O)C1. The number of benzene rings is 1. The summed E-state index contributed by atoms with van der Waals surface area (Å²) in [5.74, 6) is -3.30. The van der Waals surface area contributed by atoms with Gasteiger partial charge in [0.2, 0.25) is 0 Å². The quantitative estimate of drug-likeness (QED) is 0.923. The molecule has 1 aromatic heterocycles. The van der Waals surface area contributed by atoms with Crippen LogP contribution in [0.5, 0.6) is 0 Å². The molecule has 25 heavy (non-hydrogen) atoms. The van der Waals surface area contributed by atoms with Gasteiger partial charge in [-0.1, -0.05) is 0 Å². The van der Waals surface area contributed by atoms with E-state index < -0.39 is 23.5 Å². The fourth-order valence-corrected chi connectivity index (χ4v) is 3.14. The van der Waals surface area contributed by atoms with E-state index in [4.69, 9.17) is 5.11 Å². The minimum Gasteiger partial charge on any atom is -0.481 e. The second kappa shape index (κ2) is 6.27. The zero-order valence-electron chi connectivity index (χ0n) is 13.8. The molecule has 1 atom stereocenters. The summed E-state index contributed by atoms with van der Waals surface area (Å²) in [5, 5.41) is 13.3. The molecule has 0 bridgehead atoms. The Bertz CT molecular complexity index is 863. The summed E-state index contributed by atoms with van der Waals surface area (Å²) in [7, 11) is 0. The predicted octanol–water partition coefficient (Wildman–Crippen LogP) is 2.31. The van der Waals surface area contributed by atoms with E-state index in [0.29, 0.717) is 29.9 Å². The molecule has 0 spiro atoms. The predicted molar refractivity (Wildman–Crippen MR) is 84.6 cm³/mol. The number of aromatic nitrogens is 2.